The molecule has 1 aromatic rings. The molecule has 17 heavy (non-hydrogen) atoms. The van der Waals surface area contributed by atoms with Crippen LogP contribution < -0.4 is 11.3 Å². The molecule has 0 saturated heterocycles. The van der Waals surface area contributed by atoms with Crippen LogP contribution in [-0.2, 0) is 0 Å². The van der Waals surface area contributed by atoms with Gasteiger partial charge in [0.1, 0.15) is 11.5 Å². The van der Waals surface area contributed by atoms with Crippen molar-refractivity contribution in [3.63, 3.8) is 0 Å². The van der Waals surface area contributed by atoms with E-state index in [1.165, 1.54) is 24.0 Å². The molecule has 1 unspecified atom stereocenters. The van der Waals surface area contributed by atoms with Crippen molar-refractivity contribution in [1.29, 1.82) is 0 Å². The zero-order valence-electron chi connectivity index (χ0n) is 11.8. The van der Waals surface area contributed by atoms with E-state index >= 15 is 0 Å². The predicted octanol–water partition coefficient (Wildman–Crippen LogP) is 3.54. The van der Waals surface area contributed by atoms with Crippen LogP contribution in [0.25, 0.3) is 0 Å². The van der Waals surface area contributed by atoms with Gasteiger partial charge in [-0.3, -0.25) is 11.3 Å². The van der Waals surface area contributed by atoms with Gasteiger partial charge in [0.15, 0.2) is 0 Å². The molecule has 0 spiro atoms. The summed E-state index contributed by atoms with van der Waals surface area (Å²) in [7, 11) is 0. The molecule has 0 saturated carbocycles. The first-order chi connectivity index (χ1) is 7.97. The van der Waals surface area contributed by atoms with Crippen molar-refractivity contribution >= 4 is 0 Å². The molecule has 0 fully saturated rings. The van der Waals surface area contributed by atoms with Crippen molar-refractivity contribution in [3.8, 4) is 0 Å². The summed E-state index contributed by atoms with van der Waals surface area (Å²) in [5.74, 6) is 8.42. The summed E-state index contributed by atoms with van der Waals surface area (Å²) in [4.78, 5) is 0. The summed E-state index contributed by atoms with van der Waals surface area (Å²) in [5.41, 5.74) is 5.40. The first-order valence-corrected chi connectivity index (χ1v) is 6.50. The SMILES string of the molecule is Cc1oc(C)c(C(CCCC(C)C)NN)c1C. The second-order valence-corrected chi connectivity index (χ2v) is 5.30. The van der Waals surface area contributed by atoms with Gasteiger partial charge in [0.05, 0.1) is 0 Å². The maximum Gasteiger partial charge on any atom is 0.106 e. The van der Waals surface area contributed by atoms with Gasteiger partial charge in [-0.25, -0.2) is 0 Å². The number of aryl methyl sites for hydroxylation is 2. The smallest absolute Gasteiger partial charge is 0.106 e. The van der Waals surface area contributed by atoms with E-state index in [9.17, 15) is 0 Å². The highest BCUT2D eigenvalue weighted by Crippen LogP contribution is 2.29. The molecule has 1 rings (SSSR count). The number of hydrogen-bond acceptors (Lipinski definition) is 3. The molecule has 3 N–H and O–H groups in total. The van der Waals surface area contributed by atoms with Crippen LogP contribution in [-0.4, -0.2) is 0 Å². The van der Waals surface area contributed by atoms with E-state index in [4.69, 9.17) is 10.3 Å². The lowest BCUT2D eigenvalue weighted by molar-refractivity contribution is 0.442. The molecule has 1 aromatic heterocycles. The van der Waals surface area contributed by atoms with Crippen LogP contribution in [0.2, 0.25) is 0 Å². The Hall–Kier alpha value is -0.800. The van der Waals surface area contributed by atoms with Gasteiger partial charge in [-0.05, 0) is 38.7 Å². The Balaban J connectivity index is 2.72. The Morgan fingerprint density at radius 2 is 1.76 bits per heavy atom. The highest BCUT2D eigenvalue weighted by Gasteiger charge is 2.19. The lowest BCUT2D eigenvalue weighted by Gasteiger charge is -2.17. The van der Waals surface area contributed by atoms with E-state index in [1.54, 1.807) is 0 Å². The molecule has 0 aliphatic carbocycles. The predicted molar refractivity (Wildman–Crippen MR) is 71.7 cm³/mol. The minimum atomic E-state index is 0.214. The minimum Gasteiger partial charge on any atom is -0.466 e. The quantitative estimate of drug-likeness (QED) is 0.589. The van der Waals surface area contributed by atoms with Crippen LogP contribution in [0.4, 0.5) is 0 Å². The monoisotopic (exact) mass is 238 g/mol. The fraction of sp³-hybridized carbons (Fsp3) is 0.714. The first kappa shape index (κ1) is 14.3. The third-order valence-corrected chi connectivity index (χ3v) is 3.44. The van der Waals surface area contributed by atoms with Gasteiger partial charge in [0.2, 0.25) is 0 Å². The second-order valence-electron chi connectivity index (χ2n) is 5.30. The summed E-state index contributed by atoms with van der Waals surface area (Å²) in [6, 6.07) is 0.214. The third-order valence-electron chi connectivity index (χ3n) is 3.44. The van der Waals surface area contributed by atoms with Crippen molar-refractivity contribution in [1.82, 2.24) is 5.43 Å². The third kappa shape index (κ3) is 3.58. The van der Waals surface area contributed by atoms with E-state index in [0.29, 0.717) is 0 Å². The Morgan fingerprint density at radius 1 is 1.12 bits per heavy atom. The molecule has 1 heterocycles. The molecule has 1 atom stereocenters. The number of nitrogens with one attached hydrogen (secondary N) is 1. The Kier molecular flexibility index (Phi) is 5.22. The molecule has 0 radical (unpaired) electrons. The average Bonchev–Trinajstić information content (AvgIpc) is 2.49. The van der Waals surface area contributed by atoms with Crippen LogP contribution >= 0.6 is 0 Å². The zero-order chi connectivity index (χ0) is 13.0. The summed E-state index contributed by atoms with van der Waals surface area (Å²) in [6.45, 7) is 10.6. The van der Waals surface area contributed by atoms with E-state index in [2.05, 4.69) is 26.2 Å². The number of hydrogen-bond donors (Lipinski definition) is 2. The number of nitrogens with two attached hydrogens (primary N) is 1. The maximum absolute atomic E-state index is 5.68. The topological polar surface area (TPSA) is 51.2 Å². The van der Waals surface area contributed by atoms with Crippen LogP contribution in [0.3, 0.4) is 0 Å². The van der Waals surface area contributed by atoms with E-state index in [1.807, 2.05) is 13.8 Å². The summed E-state index contributed by atoms with van der Waals surface area (Å²) in [5, 5.41) is 0. The molecule has 0 bridgehead atoms. The normalized spacial score (nSPS) is 13.4. The van der Waals surface area contributed by atoms with Crippen molar-refractivity contribution in [2.24, 2.45) is 11.8 Å². The van der Waals surface area contributed by atoms with Crippen molar-refractivity contribution < 1.29 is 4.42 Å². The molecule has 3 nitrogen and oxygen atoms in total. The van der Waals surface area contributed by atoms with Crippen LogP contribution in [0, 0.1) is 26.7 Å². The van der Waals surface area contributed by atoms with E-state index in [0.717, 1.165) is 23.9 Å². The van der Waals surface area contributed by atoms with Crippen molar-refractivity contribution in [3.05, 3.63) is 22.6 Å². The van der Waals surface area contributed by atoms with E-state index in [-0.39, 0.29) is 6.04 Å². The Labute approximate surface area is 105 Å². The van der Waals surface area contributed by atoms with Gasteiger partial charge < -0.3 is 4.42 Å². The molecule has 0 amide bonds. The molecular formula is C14H26N2O. The standard InChI is InChI=1S/C14H26N2O/c1-9(2)7-6-8-13(16-15)14-10(3)11(4)17-12(14)5/h9,13,16H,6-8,15H2,1-5H3. The zero-order valence-corrected chi connectivity index (χ0v) is 11.8. The fourth-order valence-corrected chi connectivity index (χ4v) is 2.36. The van der Waals surface area contributed by atoms with Crippen LogP contribution in [0.5, 0.6) is 0 Å². The van der Waals surface area contributed by atoms with Crippen LogP contribution in [0.15, 0.2) is 4.42 Å². The molecule has 0 aliphatic heterocycles. The van der Waals surface area contributed by atoms with Crippen LogP contribution in [0.1, 0.15) is 61.8 Å². The van der Waals surface area contributed by atoms with Gasteiger partial charge in [-0.1, -0.05) is 26.7 Å². The molecule has 98 valence electrons. The van der Waals surface area contributed by atoms with Gasteiger partial charge in [0.25, 0.3) is 0 Å². The molecule has 0 aliphatic rings. The van der Waals surface area contributed by atoms with Gasteiger partial charge in [-0.15, -0.1) is 0 Å². The maximum atomic E-state index is 5.68. The molecular weight excluding hydrogens is 212 g/mol. The summed E-state index contributed by atoms with van der Waals surface area (Å²) >= 11 is 0. The van der Waals surface area contributed by atoms with Gasteiger partial charge in [-0.2, -0.15) is 0 Å². The van der Waals surface area contributed by atoms with Crippen molar-refractivity contribution in [2.45, 2.75) is 59.9 Å². The first-order valence-electron chi connectivity index (χ1n) is 6.50. The Bertz CT molecular complexity index is 355. The highest BCUT2D eigenvalue weighted by atomic mass is 16.3. The number of hydrazine groups is 1. The van der Waals surface area contributed by atoms with Crippen molar-refractivity contribution in [2.75, 3.05) is 0 Å². The summed E-state index contributed by atoms with van der Waals surface area (Å²) < 4.78 is 5.66. The highest BCUT2D eigenvalue weighted by molar-refractivity contribution is 5.34. The lowest BCUT2D eigenvalue weighted by Crippen LogP contribution is -2.28. The van der Waals surface area contributed by atoms with Gasteiger partial charge in [0, 0.05) is 11.6 Å². The fourth-order valence-electron chi connectivity index (χ4n) is 2.36. The van der Waals surface area contributed by atoms with Gasteiger partial charge >= 0.3 is 0 Å². The minimum absolute atomic E-state index is 0.214. The molecule has 0 aromatic carbocycles. The number of furan rings is 1. The largest absolute Gasteiger partial charge is 0.466 e. The number of rotatable bonds is 6. The van der Waals surface area contributed by atoms with E-state index < -0.39 is 0 Å². The second kappa shape index (κ2) is 6.22. The average molecular weight is 238 g/mol. The Morgan fingerprint density at radius 3 is 2.18 bits per heavy atom. The lowest BCUT2D eigenvalue weighted by atomic mass is 9.96. The summed E-state index contributed by atoms with van der Waals surface area (Å²) in [6.07, 6.45) is 3.50. The molecule has 3 heteroatoms.